The van der Waals surface area contributed by atoms with Crippen molar-refractivity contribution in [2.75, 3.05) is 0 Å². The Hall–Kier alpha value is -2.61. The van der Waals surface area contributed by atoms with Gasteiger partial charge in [-0.3, -0.25) is 4.79 Å². The van der Waals surface area contributed by atoms with Gasteiger partial charge in [-0.2, -0.15) is 18.4 Å². The summed E-state index contributed by atoms with van der Waals surface area (Å²) in [4.78, 5) is 10.9. The number of aryl methyl sites for hydroxylation is 1. The van der Waals surface area contributed by atoms with Crippen LogP contribution in [0.2, 0.25) is 0 Å². The van der Waals surface area contributed by atoms with Crippen LogP contribution in [0.5, 0.6) is 0 Å². The molecule has 0 saturated heterocycles. The van der Waals surface area contributed by atoms with Crippen molar-refractivity contribution < 1.29 is 18.0 Å². The SMILES string of the molecule is Cc1cc(C#N)ccc1-c1ccc(C(F)(F)F)c(C=O)c1. The van der Waals surface area contributed by atoms with Gasteiger partial charge in [-0.25, -0.2) is 0 Å². The molecular weight excluding hydrogens is 279 g/mol. The third-order valence-electron chi connectivity index (χ3n) is 3.15. The zero-order chi connectivity index (χ0) is 15.6. The van der Waals surface area contributed by atoms with Gasteiger partial charge in [0.05, 0.1) is 17.2 Å². The molecule has 2 aromatic carbocycles. The van der Waals surface area contributed by atoms with Gasteiger partial charge < -0.3 is 0 Å². The van der Waals surface area contributed by atoms with Crippen LogP contribution in [0.15, 0.2) is 36.4 Å². The summed E-state index contributed by atoms with van der Waals surface area (Å²) >= 11 is 0. The topological polar surface area (TPSA) is 40.9 Å². The van der Waals surface area contributed by atoms with Crippen LogP contribution in [-0.2, 0) is 6.18 Å². The minimum atomic E-state index is -4.56. The number of hydrogen-bond acceptors (Lipinski definition) is 2. The highest BCUT2D eigenvalue weighted by Gasteiger charge is 2.33. The van der Waals surface area contributed by atoms with Crippen LogP contribution in [0, 0.1) is 18.3 Å². The molecule has 0 unspecified atom stereocenters. The van der Waals surface area contributed by atoms with Crippen molar-refractivity contribution in [2.45, 2.75) is 13.1 Å². The van der Waals surface area contributed by atoms with E-state index >= 15 is 0 Å². The summed E-state index contributed by atoms with van der Waals surface area (Å²) in [6, 6.07) is 10.3. The highest BCUT2D eigenvalue weighted by molar-refractivity contribution is 5.82. The predicted octanol–water partition coefficient (Wildman–Crippen LogP) is 4.37. The molecule has 0 aliphatic carbocycles. The van der Waals surface area contributed by atoms with Crippen molar-refractivity contribution in [2.24, 2.45) is 0 Å². The summed E-state index contributed by atoms with van der Waals surface area (Å²) in [5, 5.41) is 8.81. The molecule has 0 fully saturated rings. The van der Waals surface area contributed by atoms with Gasteiger partial charge in [0.15, 0.2) is 6.29 Å². The van der Waals surface area contributed by atoms with Gasteiger partial charge in [-0.1, -0.05) is 12.1 Å². The number of nitrogens with zero attached hydrogens (tertiary/aromatic N) is 1. The molecule has 0 aliphatic rings. The lowest BCUT2D eigenvalue weighted by atomic mass is 9.95. The number of alkyl halides is 3. The highest BCUT2D eigenvalue weighted by atomic mass is 19.4. The molecule has 0 amide bonds. The second kappa shape index (κ2) is 5.41. The molecule has 2 rings (SSSR count). The lowest BCUT2D eigenvalue weighted by Gasteiger charge is -2.12. The Balaban J connectivity index is 2.57. The number of carbonyl (C=O) groups excluding carboxylic acids is 1. The molecule has 0 aliphatic heterocycles. The van der Waals surface area contributed by atoms with E-state index in [4.69, 9.17) is 5.26 Å². The van der Waals surface area contributed by atoms with E-state index in [1.165, 1.54) is 12.1 Å². The van der Waals surface area contributed by atoms with Crippen LogP contribution in [0.4, 0.5) is 13.2 Å². The van der Waals surface area contributed by atoms with Crippen LogP contribution < -0.4 is 0 Å². The first kappa shape index (κ1) is 14.8. The molecule has 0 bridgehead atoms. The van der Waals surface area contributed by atoms with Gasteiger partial charge in [0, 0.05) is 5.56 Å². The molecule has 0 atom stereocenters. The third kappa shape index (κ3) is 2.95. The number of rotatable bonds is 2. The van der Waals surface area contributed by atoms with Crippen LogP contribution in [0.1, 0.15) is 27.0 Å². The van der Waals surface area contributed by atoms with E-state index in [1.54, 1.807) is 25.1 Å². The predicted molar refractivity (Wildman–Crippen MR) is 71.7 cm³/mol. The quantitative estimate of drug-likeness (QED) is 0.770. The van der Waals surface area contributed by atoms with E-state index in [1.807, 2.05) is 6.07 Å². The monoisotopic (exact) mass is 289 g/mol. The van der Waals surface area contributed by atoms with E-state index in [0.717, 1.165) is 11.6 Å². The number of benzene rings is 2. The van der Waals surface area contributed by atoms with E-state index in [2.05, 4.69) is 0 Å². The Morgan fingerprint density at radius 2 is 1.86 bits per heavy atom. The summed E-state index contributed by atoms with van der Waals surface area (Å²) in [6.45, 7) is 1.76. The van der Waals surface area contributed by atoms with E-state index in [-0.39, 0.29) is 6.29 Å². The lowest BCUT2D eigenvalue weighted by Crippen LogP contribution is -2.08. The third-order valence-corrected chi connectivity index (χ3v) is 3.15. The van der Waals surface area contributed by atoms with Crippen LogP contribution >= 0.6 is 0 Å². The molecular formula is C16H10F3NO. The molecule has 0 spiro atoms. The normalized spacial score (nSPS) is 11.0. The molecule has 0 heterocycles. The van der Waals surface area contributed by atoms with Crippen molar-refractivity contribution in [3.63, 3.8) is 0 Å². The minimum Gasteiger partial charge on any atom is -0.298 e. The molecule has 0 radical (unpaired) electrons. The van der Waals surface area contributed by atoms with E-state index < -0.39 is 17.3 Å². The molecule has 5 heteroatoms. The molecule has 0 aromatic heterocycles. The van der Waals surface area contributed by atoms with Crippen molar-refractivity contribution >= 4 is 6.29 Å². The Labute approximate surface area is 119 Å². The molecule has 2 nitrogen and oxygen atoms in total. The minimum absolute atomic E-state index is 0.200. The van der Waals surface area contributed by atoms with Crippen molar-refractivity contribution in [3.8, 4) is 17.2 Å². The van der Waals surface area contributed by atoms with Gasteiger partial charge in [0.1, 0.15) is 0 Å². The second-order valence-electron chi connectivity index (χ2n) is 4.56. The number of aldehydes is 1. The van der Waals surface area contributed by atoms with Gasteiger partial charge in [0.25, 0.3) is 0 Å². The summed E-state index contributed by atoms with van der Waals surface area (Å²) in [5.41, 5.74) is 1.07. The molecule has 2 aromatic rings. The number of hydrogen-bond donors (Lipinski definition) is 0. The Kier molecular flexibility index (Phi) is 3.81. The standard InChI is InChI=1S/C16H10F3NO/c1-10-6-11(8-20)2-4-14(10)12-3-5-15(16(17,18)19)13(7-12)9-21/h2-7,9H,1H3. The average molecular weight is 289 g/mol. The highest BCUT2D eigenvalue weighted by Crippen LogP contribution is 2.34. The zero-order valence-electron chi connectivity index (χ0n) is 11.0. The summed E-state index contributed by atoms with van der Waals surface area (Å²) < 4.78 is 38.3. The first-order chi connectivity index (χ1) is 9.86. The first-order valence-electron chi connectivity index (χ1n) is 6.04. The van der Waals surface area contributed by atoms with E-state index in [0.29, 0.717) is 16.7 Å². The van der Waals surface area contributed by atoms with Gasteiger partial charge >= 0.3 is 6.18 Å². The van der Waals surface area contributed by atoms with Crippen LogP contribution in [-0.4, -0.2) is 6.29 Å². The van der Waals surface area contributed by atoms with Gasteiger partial charge in [0.2, 0.25) is 0 Å². The molecule has 106 valence electrons. The summed E-state index contributed by atoms with van der Waals surface area (Å²) in [7, 11) is 0. The molecule has 0 N–H and O–H groups in total. The van der Waals surface area contributed by atoms with Crippen LogP contribution in [0.3, 0.4) is 0 Å². The lowest BCUT2D eigenvalue weighted by molar-refractivity contribution is -0.137. The zero-order valence-corrected chi connectivity index (χ0v) is 11.0. The fraction of sp³-hybridized carbons (Fsp3) is 0.125. The largest absolute Gasteiger partial charge is 0.417 e. The van der Waals surface area contributed by atoms with Crippen LogP contribution in [0.25, 0.3) is 11.1 Å². The number of carbonyl (C=O) groups is 1. The molecule has 21 heavy (non-hydrogen) atoms. The van der Waals surface area contributed by atoms with Gasteiger partial charge in [-0.15, -0.1) is 0 Å². The Morgan fingerprint density at radius 3 is 2.38 bits per heavy atom. The number of halogens is 3. The van der Waals surface area contributed by atoms with Gasteiger partial charge in [-0.05, 0) is 47.9 Å². The van der Waals surface area contributed by atoms with Crippen molar-refractivity contribution in [1.82, 2.24) is 0 Å². The summed E-state index contributed by atoms with van der Waals surface area (Å²) in [6.07, 6.45) is -4.36. The maximum atomic E-state index is 12.8. The fourth-order valence-corrected chi connectivity index (χ4v) is 2.14. The summed E-state index contributed by atoms with van der Waals surface area (Å²) in [5.74, 6) is 0. The fourth-order valence-electron chi connectivity index (χ4n) is 2.14. The Morgan fingerprint density at radius 1 is 1.14 bits per heavy atom. The average Bonchev–Trinajstić information content (AvgIpc) is 2.45. The first-order valence-corrected chi connectivity index (χ1v) is 6.04. The van der Waals surface area contributed by atoms with Crippen molar-refractivity contribution in [3.05, 3.63) is 58.7 Å². The number of nitriles is 1. The Bertz CT molecular complexity index is 742. The maximum absolute atomic E-state index is 12.8. The van der Waals surface area contributed by atoms with Crippen molar-refractivity contribution in [1.29, 1.82) is 5.26 Å². The van der Waals surface area contributed by atoms with E-state index in [9.17, 15) is 18.0 Å². The smallest absolute Gasteiger partial charge is 0.298 e. The molecule has 0 saturated carbocycles. The second-order valence-corrected chi connectivity index (χ2v) is 4.56. The maximum Gasteiger partial charge on any atom is 0.417 e.